The Balaban J connectivity index is 2.04. The van der Waals surface area contributed by atoms with E-state index in [1.165, 1.54) is 12.5 Å². The fourth-order valence-corrected chi connectivity index (χ4v) is 9.99. The van der Waals surface area contributed by atoms with Gasteiger partial charge in [-0.25, -0.2) is 0 Å². The van der Waals surface area contributed by atoms with Crippen molar-refractivity contribution < 1.29 is 0 Å². The van der Waals surface area contributed by atoms with E-state index >= 15 is 0 Å². The molecule has 3 aliphatic carbocycles. The predicted molar refractivity (Wildman–Crippen MR) is 86.9 cm³/mol. The molecule has 0 nitrogen and oxygen atoms in total. The normalized spacial score (nSPS) is 22.6. The van der Waals surface area contributed by atoms with E-state index in [-0.39, 0.29) is 0 Å². The maximum absolute atomic E-state index is 2.45. The summed E-state index contributed by atoms with van der Waals surface area (Å²) in [6.07, 6.45) is 29.4. The van der Waals surface area contributed by atoms with E-state index in [1.807, 2.05) is 0 Å². The first-order chi connectivity index (χ1) is 9.38. The molecule has 19 heavy (non-hydrogen) atoms. The molecule has 1 heteroatoms. The second-order valence-corrected chi connectivity index (χ2v) is 10.5. The molecule has 0 amide bonds. The van der Waals surface area contributed by atoms with Gasteiger partial charge in [0.1, 0.15) is 0 Å². The summed E-state index contributed by atoms with van der Waals surface area (Å²) in [7, 11) is -1.52. The van der Waals surface area contributed by atoms with Crippen LogP contribution in [0.1, 0.15) is 13.3 Å². The van der Waals surface area contributed by atoms with Crippen LogP contribution in [0, 0.1) is 0 Å². The maximum atomic E-state index is 2.45. The average molecular weight is 266 g/mol. The van der Waals surface area contributed by atoms with Gasteiger partial charge in [0.2, 0.25) is 0 Å². The van der Waals surface area contributed by atoms with Crippen LogP contribution in [0.4, 0.5) is 0 Å². The molecule has 0 bridgehead atoms. The van der Waals surface area contributed by atoms with Crippen molar-refractivity contribution in [1.82, 2.24) is 0 Å². The molecule has 0 saturated carbocycles. The predicted octanol–water partition coefficient (Wildman–Crippen LogP) is 5.33. The molecule has 0 unspecified atom stereocenters. The summed E-state index contributed by atoms with van der Waals surface area (Å²) in [6, 6.07) is 1.39. The molecule has 3 rings (SSSR count). The minimum absolute atomic E-state index is 0.683. The minimum Gasteiger partial charge on any atom is -0.0803 e. The van der Waals surface area contributed by atoms with Gasteiger partial charge in [-0.2, -0.15) is 0 Å². The minimum atomic E-state index is -1.52. The molecule has 0 N–H and O–H groups in total. The van der Waals surface area contributed by atoms with Gasteiger partial charge in [-0.1, -0.05) is 92.3 Å². The SMILES string of the molecule is CCC[Si](C1C=CC=C1)(C1C=CC=C1)C1C=CC=C1. The third-order valence-electron chi connectivity index (χ3n) is 4.79. The zero-order chi connectivity index (χ0) is 13.1. The summed E-state index contributed by atoms with van der Waals surface area (Å²) in [5, 5.41) is 0. The summed E-state index contributed by atoms with van der Waals surface area (Å²) in [5.41, 5.74) is 2.05. The van der Waals surface area contributed by atoms with Crippen LogP contribution in [-0.2, 0) is 0 Å². The lowest BCUT2D eigenvalue weighted by atomic mass is 10.4. The molecule has 0 radical (unpaired) electrons. The van der Waals surface area contributed by atoms with Crippen molar-refractivity contribution in [2.24, 2.45) is 0 Å². The van der Waals surface area contributed by atoms with Gasteiger partial charge in [-0.05, 0) is 16.6 Å². The molecule has 0 heterocycles. The first-order valence-electron chi connectivity index (χ1n) is 7.43. The maximum Gasteiger partial charge on any atom is 0.0864 e. The van der Waals surface area contributed by atoms with Gasteiger partial charge in [0, 0.05) is 0 Å². The van der Waals surface area contributed by atoms with E-state index in [1.54, 1.807) is 0 Å². The van der Waals surface area contributed by atoms with Gasteiger partial charge >= 0.3 is 0 Å². The van der Waals surface area contributed by atoms with Gasteiger partial charge in [-0.3, -0.25) is 0 Å². The van der Waals surface area contributed by atoms with E-state index < -0.39 is 8.07 Å². The lowest BCUT2D eigenvalue weighted by Gasteiger charge is -2.43. The van der Waals surface area contributed by atoms with E-state index in [0.717, 1.165) is 0 Å². The van der Waals surface area contributed by atoms with Crippen molar-refractivity contribution in [2.45, 2.75) is 36.0 Å². The Labute approximate surface area is 117 Å². The molecule has 3 aliphatic rings. The molecule has 0 atom stereocenters. The molecule has 0 aromatic rings. The van der Waals surface area contributed by atoms with Gasteiger partial charge in [0.05, 0.1) is 8.07 Å². The van der Waals surface area contributed by atoms with Crippen molar-refractivity contribution in [3.63, 3.8) is 0 Å². The Hall–Kier alpha value is -1.34. The molecule has 0 aliphatic heterocycles. The highest BCUT2D eigenvalue weighted by molar-refractivity contribution is 6.86. The second-order valence-electron chi connectivity index (χ2n) is 5.75. The van der Waals surface area contributed by atoms with Crippen LogP contribution in [0.25, 0.3) is 0 Å². The third kappa shape index (κ3) is 2.06. The highest BCUT2D eigenvalue weighted by Gasteiger charge is 2.48. The highest BCUT2D eigenvalue weighted by atomic mass is 28.3. The van der Waals surface area contributed by atoms with E-state index in [4.69, 9.17) is 0 Å². The number of rotatable bonds is 5. The first-order valence-corrected chi connectivity index (χ1v) is 9.87. The average Bonchev–Trinajstić information content (AvgIpc) is 3.18. The molecule has 0 spiro atoms. The van der Waals surface area contributed by atoms with Crippen molar-refractivity contribution in [2.75, 3.05) is 0 Å². The van der Waals surface area contributed by atoms with Crippen molar-refractivity contribution in [1.29, 1.82) is 0 Å². The van der Waals surface area contributed by atoms with Crippen LogP contribution in [0.15, 0.2) is 72.9 Å². The highest BCUT2D eigenvalue weighted by Crippen LogP contribution is 2.52. The Morgan fingerprint density at radius 3 is 1.21 bits per heavy atom. The Morgan fingerprint density at radius 1 is 0.632 bits per heavy atom. The number of allylic oxidation sites excluding steroid dienone is 12. The fourth-order valence-electron chi connectivity index (χ4n) is 3.97. The molecule has 0 aromatic heterocycles. The quantitative estimate of drug-likeness (QED) is 0.590. The summed E-state index contributed by atoms with van der Waals surface area (Å²) in [5.74, 6) is 0. The third-order valence-corrected chi connectivity index (χ3v) is 11.0. The van der Waals surface area contributed by atoms with E-state index in [2.05, 4.69) is 79.8 Å². The lowest BCUT2D eigenvalue weighted by Crippen LogP contribution is -2.45. The van der Waals surface area contributed by atoms with E-state index in [0.29, 0.717) is 16.6 Å². The monoisotopic (exact) mass is 266 g/mol. The molecule has 0 aromatic carbocycles. The molecule has 98 valence electrons. The zero-order valence-corrected chi connectivity index (χ0v) is 12.6. The van der Waals surface area contributed by atoms with Crippen LogP contribution in [-0.4, -0.2) is 8.07 Å². The summed E-state index contributed by atoms with van der Waals surface area (Å²) in [4.78, 5) is 0. The largest absolute Gasteiger partial charge is 0.0864 e. The van der Waals surface area contributed by atoms with Crippen LogP contribution in [0.2, 0.25) is 22.7 Å². The van der Waals surface area contributed by atoms with Crippen LogP contribution in [0.5, 0.6) is 0 Å². The molecular formula is C18H22Si. The summed E-state index contributed by atoms with van der Waals surface area (Å²) < 4.78 is 0. The Kier molecular flexibility index (Phi) is 3.56. The Bertz CT molecular complexity index is 396. The standard InChI is InChI=1S/C18H22Si/c1-2-15-19(16-9-3-4-10-16,17-11-5-6-12-17)18-13-7-8-14-18/h3-14,16-18H,2,15H2,1H3. The topological polar surface area (TPSA) is 0 Å². The summed E-state index contributed by atoms with van der Waals surface area (Å²) in [6.45, 7) is 2.34. The lowest BCUT2D eigenvalue weighted by molar-refractivity contribution is 0.949. The molecule has 0 saturated heterocycles. The smallest absolute Gasteiger partial charge is 0.0803 e. The zero-order valence-electron chi connectivity index (χ0n) is 11.6. The summed E-state index contributed by atoms with van der Waals surface area (Å²) >= 11 is 0. The number of hydrogen-bond acceptors (Lipinski definition) is 0. The van der Waals surface area contributed by atoms with Crippen molar-refractivity contribution >= 4 is 8.07 Å². The van der Waals surface area contributed by atoms with Crippen molar-refractivity contribution in [3.8, 4) is 0 Å². The van der Waals surface area contributed by atoms with Crippen LogP contribution < -0.4 is 0 Å². The second kappa shape index (κ2) is 5.34. The van der Waals surface area contributed by atoms with Crippen LogP contribution >= 0.6 is 0 Å². The first kappa shape index (κ1) is 12.7. The molecule has 0 fully saturated rings. The van der Waals surface area contributed by atoms with Crippen molar-refractivity contribution in [3.05, 3.63) is 72.9 Å². The van der Waals surface area contributed by atoms with Crippen LogP contribution in [0.3, 0.4) is 0 Å². The van der Waals surface area contributed by atoms with Gasteiger partial charge in [0.15, 0.2) is 0 Å². The van der Waals surface area contributed by atoms with Gasteiger partial charge in [-0.15, -0.1) is 0 Å². The Morgan fingerprint density at radius 2 is 0.947 bits per heavy atom. The van der Waals surface area contributed by atoms with Gasteiger partial charge < -0.3 is 0 Å². The number of hydrogen-bond donors (Lipinski definition) is 0. The van der Waals surface area contributed by atoms with E-state index in [9.17, 15) is 0 Å². The van der Waals surface area contributed by atoms with Gasteiger partial charge in [0.25, 0.3) is 0 Å². The fraction of sp³-hybridized carbons (Fsp3) is 0.333. The molecular weight excluding hydrogens is 244 g/mol.